The molecule has 1 aromatic carbocycles. The number of aryl methyl sites for hydroxylation is 1. The van der Waals surface area contributed by atoms with Crippen molar-refractivity contribution in [3.63, 3.8) is 0 Å². The molecule has 2 aliphatic rings. The van der Waals surface area contributed by atoms with E-state index in [0.717, 1.165) is 43.6 Å². The summed E-state index contributed by atoms with van der Waals surface area (Å²) in [5.41, 5.74) is 2.46. The number of rotatable bonds is 7. The fraction of sp³-hybridized carbons (Fsp3) is 0.556. The lowest BCUT2D eigenvalue weighted by atomic mass is 10.1. The van der Waals surface area contributed by atoms with Crippen molar-refractivity contribution in [1.29, 1.82) is 0 Å². The molecule has 1 aliphatic carbocycles. The van der Waals surface area contributed by atoms with Crippen LogP contribution in [0.3, 0.4) is 0 Å². The minimum atomic E-state index is 0.436. The van der Waals surface area contributed by atoms with E-state index in [4.69, 9.17) is 4.74 Å². The monoisotopic (exact) mass is 312 g/mol. The van der Waals surface area contributed by atoms with Crippen LogP contribution in [0.15, 0.2) is 24.3 Å². The van der Waals surface area contributed by atoms with Crippen LogP contribution >= 0.6 is 0 Å². The molecule has 1 aromatic heterocycles. The lowest BCUT2D eigenvalue weighted by molar-refractivity contribution is 0.179. The van der Waals surface area contributed by atoms with Gasteiger partial charge in [0.2, 0.25) is 0 Å². The van der Waals surface area contributed by atoms with Crippen LogP contribution in [0.1, 0.15) is 36.5 Å². The molecule has 1 unspecified atom stereocenters. The second kappa shape index (κ2) is 6.32. The zero-order valence-electron chi connectivity index (χ0n) is 13.7. The van der Waals surface area contributed by atoms with E-state index in [1.165, 1.54) is 30.5 Å². The van der Waals surface area contributed by atoms with Gasteiger partial charge < -0.3 is 14.6 Å². The highest BCUT2D eigenvalue weighted by molar-refractivity contribution is 5.46. The minimum absolute atomic E-state index is 0.436. The fourth-order valence-electron chi connectivity index (χ4n) is 3.43. The third-order valence-corrected chi connectivity index (χ3v) is 4.89. The SMILES string of the molecule is COCC(Nc1ccc(Cc2nnc3n2CCC3)cc1)C1CC1. The van der Waals surface area contributed by atoms with Crippen molar-refractivity contribution in [2.75, 3.05) is 19.0 Å². The molecule has 1 aliphatic heterocycles. The molecule has 2 aromatic rings. The van der Waals surface area contributed by atoms with E-state index in [1.807, 2.05) is 0 Å². The highest BCUT2D eigenvalue weighted by atomic mass is 16.5. The van der Waals surface area contributed by atoms with Gasteiger partial charge >= 0.3 is 0 Å². The number of hydrogen-bond donors (Lipinski definition) is 1. The van der Waals surface area contributed by atoms with Gasteiger partial charge in [-0.3, -0.25) is 0 Å². The number of fused-ring (bicyclic) bond motifs is 1. The number of ether oxygens (including phenoxy) is 1. The van der Waals surface area contributed by atoms with Crippen LogP contribution in [0.5, 0.6) is 0 Å². The number of anilines is 1. The number of benzene rings is 1. The van der Waals surface area contributed by atoms with E-state index in [9.17, 15) is 0 Å². The van der Waals surface area contributed by atoms with Gasteiger partial charge in [-0.05, 0) is 42.9 Å². The predicted octanol–water partition coefficient (Wildman–Crippen LogP) is 2.65. The largest absolute Gasteiger partial charge is 0.383 e. The average molecular weight is 312 g/mol. The van der Waals surface area contributed by atoms with Crippen LogP contribution in [0.25, 0.3) is 0 Å². The number of methoxy groups -OCH3 is 1. The van der Waals surface area contributed by atoms with Crippen LogP contribution in [0, 0.1) is 5.92 Å². The molecule has 0 amide bonds. The van der Waals surface area contributed by atoms with Gasteiger partial charge in [0.25, 0.3) is 0 Å². The zero-order valence-corrected chi connectivity index (χ0v) is 13.7. The summed E-state index contributed by atoms with van der Waals surface area (Å²) >= 11 is 0. The molecule has 4 rings (SSSR count). The molecular formula is C18H24N4O. The molecule has 5 nitrogen and oxygen atoms in total. The fourth-order valence-corrected chi connectivity index (χ4v) is 3.43. The molecule has 2 heterocycles. The minimum Gasteiger partial charge on any atom is -0.383 e. The second-order valence-corrected chi connectivity index (χ2v) is 6.70. The number of hydrogen-bond acceptors (Lipinski definition) is 4. The predicted molar refractivity (Wildman–Crippen MR) is 89.6 cm³/mol. The van der Waals surface area contributed by atoms with Gasteiger partial charge in [0.05, 0.1) is 12.6 Å². The van der Waals surface area contributed by atoms with Crippen molar-refractivity contribution < 1.29 is 4.74 Å². The van der Waals surface area contributed by atoms with E-state index in [-0.39, 0.29) is 0 Å². The lowest BCUT2D eigenvalue weighted by Crippen LogP contribution is -2.27. The van der Waals surface area contributed by atoms with Crippen LogP contribution in [-0.2, 0) is 24.1 Å². The Morgan fingerprint density at radius 1 is 1.26 bits per heavy atom. The van der Waals surface area contributed by atoms with E-state index in [2.05, 4.69) is 44.3 Å². The molecule has 0 radical (unpaired) electrons. The quantitative estimate of drug-likeness (QED) is 0.854. The third kappa shape index (κ3) is 3.24. The maximum Gasteiger partial charge on any atom is 0.137 e. The summed E-state index contributed by atoms with van der Waals surface area (Å²) in [5.74, 6) is 3.01. The maximum atomic E-state index is 5.33. The van der Waals surface area contributed by atoms with Gasteiger partial charge in [0, 0.05) is 32.2 Å². The van der Waals surface area contributed by atoms with Crippen molar-refractivity contribution in [2.24, 2.45) is 5.92 Å². The Kier molecular flexibility index (Phi) is 4.04. The smallest absolute Gasteiger partial charge is 0.137 e. The Morgan fingerprint density at radius 2 is 2.09 bits per heavy atom. The highest BCUT2D eigenvalue weighted by Crippen LogP contribution is 2.34. The Hall–Kier alpha value is -1.88. The highest BCUT2D eigenvalue weighted by Gasteiger charge is 2.31. The summed E-state index contributed by atoms with van der Waals surface area (Å²) < 4.78 is 7.61. The first-order valence-electron chi connectivity index (χ1n) is 8.59. The molecule has 1 atom stereocenters. The summed E-state index contributed by atoms with van der Waals surface area (Å²) in [7, 11) is 1.77. The second-order valence-electron chi connectivity index (χ2n) is 6.70. The summed E-state index contributed by atoms with van der Waals surface area (Å²) in [6.45, 7) is 1.84. The lowest BCUT2D eigenvalue weighted by Gasteiger charge is -2.18. The van der Waals surface area contributed by atoms with Crippen LogP contribution < -0.4 is 5.32 Å². The van der Waals surface area contributed by atoms with Crippen molar-refractivity contribution in [3.05, 3.63) is 41.5 Å². The van der Waals surface area contributed by atoms with Gasteiger partial charge in [0.1, 0.15) is 11.6 Å². The Labute approximate surface area is 137 Å². The van der Waals surface area contributed by atoms with Crippen LogP contribution in [0.2, 0.25) is 0 Å². The summed E-state index contributed by atoms with van der Waals surface area (Å²) in [4.78, 5) is 0. The van der Waals surface area contributed by atoms with Crippen LogP contribution in [-0.4, -0.2) is 34.5 Å². The third-order valence-electron chi connectivity index (χ3n) is 4.89. The molecule has 0 saturated heterocycles. The first-order chi connectivity index (χ1) is 11.3. The molecule has 1 N–H and O–H groups in total. The summed E-state index contributed by atoms with van der Waals surface area (Å²) in [5, 5.41) is 12.2. The van der Waals surface area contributed by atoms with E-state index < -0.39 is 0 Å². The first-order valence-corrected chi connectivity index (χ1v) is 8.59. The van der Waals surface area contributed by atoms with Gasteiger partial charge in [-0.1, -0.05) is 12.1 Å². The molecule has 0 spiro atoms. The maximum absolute atomic E-state index is 5.33. The van der Waals surface area contributed by atoms with Gasteiger partial charge in [0.15, 0.2) is 0 Å². The number of nitrogens with zero attached hydrogens (tertiary/aromatic N) is 3. The van der Waals surface area contributed by atoms with Gasteiger partial charge in [-0.2, -0.15) is 0 Å². The van der Waals surface area contributed by atoms with Crippen molar-refractivity contribution >= 4 is 5.69 Å². The average Bonchev–Trinajstić information content (AvgIpc) is 3.19. The number of nitrogens with one attached hydrogen (secondary N) is 1. The Morgan fingerprint density at radius 3 is 2.83 bits per heavy atom. The van der Waals surface area contributed by atoms with Crippen molar-refractivity contribution in [1.82, 2.24) is 14.8 Å². The molecule has 1 saturated carbocycles. The summed E-state index contributed by atoms with van der Waals surface area (Å²) in [6.07, 6.45) is 5.76. The van der Waals surface area contributed by atoms with Crippen molar-refractivity contribution in [3.8, 4) is 0 Å². The van der Waals surface area contributed by atoms with E-state index in [0.29, 0.717) is 6.04 Å². The molecular weight excluding hydrogens is 288 g/mol. The van der Waals surface area contributed by atoms with Gasteiger partial charge in [-0.15, -0.1) is 10.2 Å². The Balaban J connectivity index is 1.41. The molecule has 23 heavy (non-hydrogen) atoms. The Bertz CT molecular complexity index is 660. The zero-order chi connectivity index (χ0) is 15.6. The number of aromatic nitrogens is 3. The van der Waals surface area contributed by atoms with Gasteiger partial charge in [-0.25, -0.2) is 0 Å². The standard InChI is InChI=1S/C18H24N4O/c1-23-12-16(14-6-7-14)19-15-8-4-13(5-9-15)11-18-21-20-17-3-2-10-22(17)18/h4-5,8-9,14,16,19H,2-3,6-7,10-12H2,1H3. The first kappa shape index (κ1) is 14.7. The van der Waals surface area contributed by atoms with E-state index in [1.54, 1.807) is 7.11 Å². The van der Waals surface area contributed by atoms with Crippen LogP contribution in [0.4, 0.5) is 5.69 Å². The summed E-state index contributed by atoms with van der Waals surface area (Å²) in [6, 6.07) is 9.15. The molecule has 1 fully saturated rings. The topological polar surface area (TPSA) is 52.0 Å². The van der Waals surface area contributed by atoms with E-state index >= 15 is 0 Å². The molecule has 0 bridgehead atoms. The normalized spacial score (nSPS) is 18.0. The molecule has 122 valence electrons. The molecule has 5 heteroatoms. The van der Waals surface area contributed by atoms with Crippen molar-refractivity contribution in [2.45, 2.75) is 44.7 Å².